The van der Waals surface area contributed by atoms with Crippen LogP contribution in [0.25, 0.3) is 0 Å². The molecule has 1 N–H and O–H groups in total. The highest BCUT2D eigenvalue weighted by molar-refractivity contribution is 7.89. The van der Waals surface area contributed by atoms with Crippen LogP contribution in [0.1, 0.15) is 24.9 Å². The zero-order chi connectivity index (χ0) is 13.0. The summed E-state index contributed by atoms with van der Waals surface area (Å²) in [5.74, 6) is 0.233. The van der Waals surface area contributed by atoms with Gasteiger partial charge in [0.1, 0.15) is 0 Å². The summed E-state index contributed by atoms with van der Waals surface area (Å²) in [6, 6.07) is 9.69. The first-order valence-corrected chi connectivity index (χ1v) is 7.97. The summed E-state index contributed by atoms with van der Waals surface area (Å²) in [6.45, 7) is 4.00. The molecule has 0 spiro atoms. The minimum Gasteiger partial charge on any atom is -0.315 e. The number of hydrogen-bond acceptors (Lipinski definition) is 3. The van der Waals surface area contributed by atoms with E-state index in [-0.39, 0.29) is 11.8 Å². The standard InChI is InChI=1S/C13H20N2O2S/c1-12(13-6-3-2-4-7-13)15-10-9-14-8-5-11-18(15,16)17/h2-4,6-7,12,14H,5,8-11H2,1H3. The Kier molecular flexibility index (Phi) is 4.37. The van der Waals surface area contributed by atoms with E-state index in [1.165, 1.54) is 0 Å². The largest absolute Gasteiger partial charge is 0.315 e. The Morgan fingerprint density at radius 3 is 2.67 bits per heavy atom. The average Bonchev–Trinajstić information content (AvgIpc) is 2.35. The van der Waals surface area contributed by atoms with Crippen LogP contribution in [0.2, 0.25) is 0 Å². The molecule has 1 atom stereocenters. The van der Waals surface area contributed by atoms with Crippen molar-refractivity contribution in [3.05, 3.63) is 35.9 Å². The highest BCUT2D eigenvalue weighted by Gasteiger charge is 2.28. The van der Waals surface area contributed by atoms with Crippen molar-refractivity contribution in [1.82, 2.24) is 9.62 Å². The van der Waals surface area contributed by atoms with Gasteiger partial charge >= 0.3 is 0 Å². The Bertz CT molecular complexity index is 473. The zero-order valence-corrected chi connectivity index (χ0v) is 11.5. The second kappa shape index (κ2) is 5.82. The van der Waals surface area contributed by atoms with Gasteiger partial charge in [0.05, 0.1) is 5.75 Å². The van der Waals surface area contributed by atoms with Gasteiger partial charge in [0, 0.05) is 19.1 Å². The molecule has 1 saturated heterocycles. The van der Waals surface area contributed by atoms with Crippen LogP contribution in [-0.2, 0) is 10.0 Å². The number of nitrogens with one attached hydrogen (secondary N) is 1. The summed E-state index contributed by atoms with van der Waals surface area (Å²) in [6.07, 6.45) is 0.681. The lowest BCUT2D eigenvalue weighted by atomic mass is 10.1. The smallest absolute Gasteiger partial charge is 0.214 e. The zero-order valence-electron chi connectivity index (χ0n) is 10.7. The first kappa shape index (κ1) is 13.5. The predicted octanol–water partition coefficient (Wildman–Crippen LogP) is 1.37. The maximum Gasteiger partial charge on any atom is 0.214 e. The summed E-state index contributed by atoms with van der Waals surface area (Å²) >= 11 is 0. The normalized spacial score (nSPS) is 22.9. The van der Waals surface area contributed by atoms with Crippen molar-refractivity contribution in [2.45, 2.75) is 19.4 Å². The first-order chi connectivity index (χ1) is 8.61. The van der Waals surface area contributed by atoms with Gasteiger partial charge in [-0.05, 0) is 25.5 Å². The molecule has 1 aromatic carbocycles. The Morgan fingerprint density at radius 1 is 1.22 bits per heavy atom. The molecular formula is C13H20N2O2S. The topological polar surface area (TPSA) is 49.4 Å². The summed E-state index contributed by atoms with van der Waals surface area (Å²) in [5.41, 5.74) is 1.04. The molecule has 0 aromatic heterocycles. The molecule has 0 aliphatic carbocycles. The molecule has 1 aliphatic rings. The first-order valence-electron chi connectivity index (χ1n) is 6.36. The quantitative estimate of drug-likeness (QED) is 0.881. The van der Waals surface area contributed by atoms with Gasteiger partial charge in [0.25, 0.3) is 0 Å². The maximum atomic E-state index is 12.3. The Balaban J connectivity index is 2.23. The van der Waals surface area contributed by atoms with E-state index < -0.39 is 10.0 Å². The van der Waals surface area contributed by atoms with E-state index in [1.807, 2.05) is 37.3 Å². The van der Waals surface area contributed by atoms with Crippen LogP contribution in [0, 0.1) is 0 Å². The molecule has 0 amide bonds. The van der Waals surface area contributed by atoms with Crippen LogP contribution in [0.5, 0.6) is 0 Å². The molecule has 1 heterocycles. The molecule has 5 heteroatoms. The fraction of sp³-hybridized carbons (Fsp3) is 0.538. The summed E-state index contributed by atoms with van der Waals surface area (Å²) in [7, 11) is -3.14. The van der Waals surface area contributed by atoms with Gasteiger partial charge in [-0.3, -0.25) is 0 Å². The maximum absolute atomic E-state index is 12.3. The Hall–Kier alpha value is -0.910. The van der Waals surface area contributed by atoms with Crippen LogP contribution in [0.3, 0.4) is 0 Å². The van der Waals surface area contributed by atoms with E-state index in [9.17, 15) is 8.42 Å². The molecule has 18 heavy (non-hydrogen) atoms. The van der Waals surface area contributed by atoms with E-state index in [1.54, 1.807) is 4.31 Å². The number of nitrogens with zero attached hydrogens (tertiary/aromatic N) is 1. The van der Waals surface area contributed by atoms with Gasteiger partial charge in [0.15, 0.2) is 0 Å². The van der Waals surface area contributed by atoms with Crippen molar-refractivity contribution >= 4 is 10.0 Å². The average molecular weight is 268 g/mol. The number of hydrogen-bond donors (Lipinski definition) is 1. The van der Waals surface area contributed by atoms with Crippen LogP contribution in [0.4, 0.5) is 0 Å². The van der Waals surface area contributed by atoms with Gasteiger partial charge in [-0.15, -0.1) is 0 Å². The predicted molar refractivity (Wildman–Crippen MR) is 72.8 cm³/mol. The third-order valence-corrected chi connectivity index (χ3v) is 5.35. The van der Waals surface area contributed by atoms with Crippen LogP contribution >= 0.6 is 0 Å². The lowest BCUT2D eigenvalue weighted by molar-refractivity contribution is 0.333. The molecular weight excluding hydrogens is 248 g/mol. The molecule has 4 nitrogen and oxygen atoms in total. The molecule has 0 saturated carbocycles. The third-order valence-electron chi connectivity index (χ3n) is 3.34. The second-order valence-electron chi connectivity index (χ2n) is 4.62. The van der Waals surface area contributed by atoms with E-state index >= 15 is 0 Å². The van der Waals surface area contributed by atoms with Gasteiger partial charge in [-0.1, -0.05) is 30.3 Å². The summed E-state index contributed by atoms with van der Waals surface area (Å²) in [5, 5.41) is 3.26. The van der Waals surface area contributed by atoms with Gasteiger partial charge < -0.3 is 5.32 Å². The van der Waals surface area contributed by atoms with Crippen molar-refractivity contribution < 1.29 is 8.42 Å². The Labute approximate surface area is 109 Å². The lowest BCUT2D eigenvalue weighted by Gasteiger charge is -2.30. The molecule has 0 bridgehead atoms. The van der Waals surface area contributed by atoms with E-state index in [2.05, 4.69) is 5.32 Å². The SMILES string of the molecule is CC(c1ccccc1)N1CCNCCCS1(=O)=O. The van der Waals surface area contributed by atoms with E-state index in [4.69, 9.17) is 0 Å². The fourth-order valence-electron chi connectivity index (χ4n) is 2.28. The second-order valence-corrected chi connectivity index (χ2v) is 6.66. The lowest BCUT2D eigenvalue weighted by Crippen LogP contribution is -2.42. The van der Waals surface area contributed by atoms with Gasteiger partial charge in [-0.25, -0.2) is 8.42 Å². The molecule has 1 fully saturated rings. The Morgan fingerprint density at radius 2 is 1.94 bits per heavy atom. The minimum absolute atomic E-state index is 0.101. The number of benzene rings is 1. The van der Waals surface area contributed by atoms with Crippen molar-refractivity contribution in [3.8, 4) is 0 Å². The number of rotatable bonds is 2. The molecule has 1 aromatic rings. The van der Waals surface area contributed by atoms with Crippen LogP contribution < -0.4 is 5.32 Å². The minimum atomic E-state index is -3.14. The summed E-state index contributed by atoms with van der Waals surface area (Å²) < 4.78 is 26.2. The third kappa shape index (κ3) is 3.10. The molecule has 100 valence electrons. The van der Waals surface area contributed by atoms with Crippen LogP contribution in [0.15, 0.2) is 30.3 Å². The molecule has 1 aliphatic heterocycles. The van der Waals surface area contributed by atoms with Crippen molar-refractivity contribution in [3.63, 3.8) is 0 Å². The van der Waals surface area contributed by atoms with Gasteiger partial charge in [0.2, 0.25) is 10.0 Å². The highest BCUT2D eigenvalue weighted by atomic mass is 32.2. The van der Waals surface area contributed by atoms with Crippen molar-refractivity contribution in [1.29, 1.82) is 0 Å². The van der Waals surface area contributed by atoms with Crippen LogP contribution in [-0.4, -0.2) is 38.1 Å². The van der Waals surface area contributed by atoms with Gasteiger partial charge in [-0.2, -0.15) is 4.31 Å². The fourth-order valence-corrected chi connectivity index (χ4v) is 4.00. The molecule has 1 unspecified atom stereocenters. The van der Waals surface area contributed by atoms with E-state index in [0.29, 0.717) is 13.0 Å². The summed E-state index contributed by atoms with van der Waals surface area (Å²) in [4.78, 5) is 0. The van der Waals surface area contributed by atoms with Crippen molar-refractivity contribution in [2.24, 2.45) is 0 Å². The highest BCUT2D eigenvalue weighted by Crippen LogP contribution is 2.23. The van der Waals surface area contributed by atoms with E-state index in [0.717, 1.165) is 18.7 Å². The monoisotopic (exact) mass is 268 g/mol. The van der Waals surface area contributed by atoms with Crippen molar-refractivity contribution in [2.75, 3.05) is 25.4 Å². The molecule has 0 radical (unpaired) electrons. The number of sulfonamides is 1. The molecule has 2 rings (SSSR count).